The summed E-state index contributed by atoms with van der Waals surface area (Å²) in [5.74, 6) is -0.344. The van der Waals surface area contributed by atoms with Crippen LogP contribution in [0.25, 0.3) is 0 Å². The predicted octanol–water partition coefficient (Wildman–Crippen LogP) is 1.97. The van der Waals surface area contributed by atoms with Crippen molar-refractivity contribution in [1.82, 2.24) is 0 Å². The molecule has 0 radical (unpaired) electrons. The van der Waals surface area contributed by atoms with Crippen LogP contribution in [0, 0.1) is 5.82 Å². The van der Waals surface area contributed by atoms with Crippen molar-refractivity contribution in [2.24, 2.45) is 5.73 Å². The third-order valence-corrected chi connectivity index (χ3v) is 2.43. The molecule has 13 heavy (non-hydrogen) atoms. The summed E-state index contributed by atoms with van der Waals surface area (Å²) in [4.78, 5) is 0. The normalized spacial score (nSPS) is 12.9. The van der Waals surface area contributed by atoms with Crippen LogP contribution >= 0.6 is 15.9 Å². The molecule has 0 aromatic heterocycles. The Morgan fingerprint density at radius 3 is 2.85 bits per heavy atom. The largest absolute Gasteiger partial charge is 0.396 e. The topological polar surface area (TPSA) is 46.2 Å². The van der Waals surface area contributed by atoms with Gasteiger partial charge in [0.1, 0.15) is 5.82 Å². The second-order valence-corrected chi connectivity index (χ2v) is 3.62. The number of nitrogens with two attached hydrogens (primary N) is 1. The van der Waals surface area contributed by atoms with E-state index in [0.717, 1.165) is 0 Å². The molecule has 0 unspecified atom stereocenters. The van der Waals surface area contributed by atoms with Gasteiger partial charge >= 0.3 is 0 Å². The average molecular weight is 248 g/mol. The van der Waals surface area contributed by atoms with Crippen molar-refractivity contribution in [3.8, 4) is 0 Å². The van der Waals surface area contributed by atoms with Crippen molar-refractivity contribution >= 4 is 15.9 Å². The molecule has 0 amide bonds. The number of halogens is 2. The van der Waals surface area contributed by atoms with Gasteiger partial charge in [0, 0.05) is 18.2 Å². The van der Waals surface area contributed by atoms with Crippen LogP contribution in [0.2, 0.25) is 0 Å². The molecule has 0 saturated carbocycles. The molecule has 0 saturated heterocycles. The third kappa shape index (κ3) is 2.49. The van der Waals surface area contributed by atoms with Crippen molar-refractivity contribution in [2.45, 2.75) is 12.5 Å². The van der Waals surface area contributed by atoms with Crippen LogP contribution in [0.5, 0.6) is 0 Å². The number of hydrogen-bond acceptors (Lipinski definition) is 2. The fourth-order valence-corrected chi connectivity index (χ4v) is 1.48. The van der Waals surface area contributed by atoms with Gasteiger partial charge in [0.15, 0.2) is 0 Å². The van der Waals surface area contributed by atoms with Crippen molar-refractivity contribution in [2.75, 3.05) is 6.61 Å². The smallest absolute Gasteiger partial charge is 0.142 e. The molecule has 0 bridgehead atoms. The Hall–Kier alpha value is -0.450. The zero-order chi connectivity index (χ0) is 9.84. The van der Waals surface area contributed by atoms with Gasteiger partial charge in [-0.05, 0) is 28.4 Å². The molecule has 1 rings (SSSR count). The lowest BCUT2D eigenvalue weighted by molar-refractivity contribution is 0.275. The Bertz CT molecular complexity index is 293. The highest BCUT2D eigenvalue weighted by Gasteiger charge is 2.12. The van der Waals surface area contributed by atoms with E-state index in [1.54, 1.807) is 18.2 Å². The number of aliphatic hydroxyl groups excluding tert-OH is 1. The Labute approximate surface area is 84.7 Å². The minimum Gasteiger partial charge on any atom is -0.396 e. The maximum absolute atomic E-state index is 13.4. The van der Waals surface area contributed by atoms with E-state index in [-0.39, 0.29) is 12.4 Å². The predicted molar refractivity (Wildman–Crippen MR) is 52.7 cm³/mol. The van der Waals surface area contributed by atoms with Gasteiger partial charge in [0.25, 0.3) is 0 Å². The van der Waals surface area contributed by atoms with Gasteiger partial charge in [-0.15, -0.1) is 0 Å². The SMILES string of the molecule is N[C@H](CCO)c1cccc(Br)c1F. The quantitative estimate of drug-likeness (QED) is 0.858. The molecule has 0 aliphatic heterocycles. The molecular weight excluding hydrogens is 237 g/mol. The summed E-state index contributed by atoms with van der Waals surface area (Å²) in [6, 6.07) is 4.52. The lowest BCUT2D eigenvalue weighted by Crippen LogP contribution is -2.13. The number of rotatable bonds is 3. The molecular formula is C9H11BrFNO. The molecule has 3 N–H and O–H groups in total. The molecule has 0 fully saturated rings. The average Bonchev–Trinajstić information content (AvgIpc) is 2.10. The Morgan fingerprint density at radius 2 is 2.23 bits per heavy atom. The van der Waals surface area contributed by atoms with Crippen molar-refractivity contribution in [1.29, 1.82) is 0 Å². The van der Waals surface area contributed by atoms with E-state index in [9.17, 15) is 4.39 Å². The first-order chi connectivity index (χ1) is 6.16. The first kappa shape index (κ1) is 10.6. The molecule has 1 aromatic rings. The van der Waals surface area contributed by atoms with E-state index in [2.05, 4.69) is 15.9 Å². The number of hydrogen-bond donors (Lipinski definition) is 2. The molecule has 4 heteroatoms. The minimum absolute atomic E-state index is 0.0346. The zero-order valence-corrected chi connectivity index (χ0v) is 8.59. The van der Waals surface area contributed by atoms with Crippen molar-refractivity contribution in [3.05, 3.63) is 34.1 Å². The maximum atomic E-state index is 13.4. The fourth-order valence-electron chi connectivity index (χ4n) is 1.10. The van der Waals surface area contributed by atoms with Gasteiger partial charge < -0.3 is 10.8 Å². The van der Waals surface area contributed by atoms with Crippen LogP contribution in [0.15, 0.2) is 22.7 Å². The Balaban J connectivity index is 2.93. The minimum atomic E-state index is -0.442. The van der Waals surface area contributed by atoms with Crippen LogP contribution in [0.3, 0.4) is 0 Å². The summed E-state index contributed by atoms with van der Waals surface area (Å²) >= 11 is 3.07. The molecule has 0 heterocycles. The molecule has 0 aliphatic rings. The van der Waals surface area contributed by atoms with Gasteiger partial charge in [-0.25, -0.2) is 4.39 Å². The molecule has 1 atom stereocenters. The summed E-state index contributed by atoms with van der Waals surface area (Å²) in [5.41, 5.74) is 6.09. The lowest BCUT2D eigenvalue weighted by atomic mass is 10.0. The number of aliphatic hydroxyl groups is 1. The van der Waals surface area contributed by atoms with E-state index < -0.39 is 6.04 Å². The van der Waals surface area contributed by atoms with Crippen LogP contribution in [0.1, 0.15) is 18.0 Å². The number of benzene rings is 1. The second kappa shape index (κ2) is 4.69. The van der Waals surface area contributed by atoms with Crippen molar-refractivity contribution in [3.63, 3.8) is 0 Å². The van der Waals surface area contributed by atoms with E-state index >= 15 is 0 Å². The standard InChI is InChI=1S/C9H11BrFNO/c10-7-3-1-2-6(9(7)11)8(12)4-5-13/h1-3,8,13H,4-5,12H2/t8-/m1/s1. The molecule has 2 nitrogen and oxygen atoms in total. The van der Waals surface area contributed by atoms with E-state index in [1.165, 1.54) is 0 Å². The molecule has 0 aliphatic carbocycles. The van der Waals surface area contributed by atoms with Crippen LogP contribution < -0.4 is 5.73 Å². The van der Waals surface area contributed by atoms with Gasteiger partial charge in [0.05, 0.1) is 4.47 Å². The first-order valence-electron chi connectivity index (χ1n) is 3.97. The summed E-state index contributed by atoms with van der Waals surface area (Å²) in [6.45, 7) is -0.0346. The first-order valence-corrected chi connectivity index (χ1v) is 4.76. The highest BCUT2D eigenvalue weighted by Crippen LogP contribution is 2.23. The highest BCUT2D eigenvalue weighted by molar-refractivity contribution is 9.10. The van der Waals surface area contributed by atoms with Gasteiger partial charge in [-0.2, -0.15) is 0 Å². The fraction of sp³-hybridized carbons (Fsp3) is 0.333. The highest BCUT2D eigenvalue weighted by atomic mass is 79.9. The summed E-state index contributed by atoms with van der Waals surface area (Å²) in [6.07, 6.45) is 0.368. The van der Waals surface area contributed by atoms with Crippen LogP contribution in [-0.4, -0.2) is 11.7 Å². The van der Waals surface area contributed by atoms with Crippen molar-refractivity contribution < 1.29 is 9.50 Å². The summed E-state index contributed by atoms with van der Waals surface area (Å²) in [7, 11) is 0. The van der Waals surface area contributed by atoms with Gasteiger partial charge in [-0.3, -0.25) is 0 Å². The lowest BCUT2D eigenvalue weighted by Gasteiger charge is -2.11. The summed E-state index contributed by atoms with van der Waals surface area (Å²) < 4.78 is 13.8. The van der Waals surface area contributed by atoms with Crippen LogP contribution in [-0.2, 0) is 0 Å². The van der Waals surface area contributed by atoms with E-state index in [1.807, 2.05) is 0 Å². The Morgan fingerprint density at radius 1 is 1.54 bits per heavy atom. The maximum Gasteiger partial charge on any atom is 0.142 e. The zero-order valence-electron chi connectivity index (χ0n) is 7.00. The van der Waals surface area contributed by atoms with E-state index in [0.29, 0.717) is 16.5 Å². The molecule has 1 aromatic carbocycles. The van der Waals surface area contributed by atoms with Gasteiger partial charge in [-0.1, -0.05) is 12.1 Å². The van der Waals surface area contributed by atoms with E-state index in [4.69, 9.17) is 10.8 Å². The second-order valence-electron chi connectivity index (χ2n) is 2.76. The monoisotopic (exact) mass is 247 g/mol. The van der Waals surface area contributed by atoms with Crippen LogP contribution in [0.4, 0.5) is 4.39 Å². The molecule has 0 spiro atoms. The Kier molecular flexibility index (Phi) is 3.84. The third-order valence-electron chi connectivity index (χ3n) is 1.82. The summed E-state index contributed by atoms with van der Waals surface area (Å²) in [5, 5.41) is 8.64. The molecule has 72 valence electrons. The van der Waals surface area contributed by atoms with Gasteiger partial charge in [0.2, 0.25) is 0 Å².